The third-order valence-electron chi connectivity index (χ3n) is 2.59. The Morgan fingerprint density at radius 3 is 2.82 bits per heavy atom. The van der Waals surface area contributed by atoms with Gasteiger partial charge in [-0.05, 0) is 24.3 Å². The summed E-state index contributed by atoms with van der Waals surface area (Å²) < 4.78 is 6.14. The van der Waals surface area contributed by atoms with Gasteiger partial charge in [-0.25, -0.2) is 0 Å². The molecule has 4 nitrogen and oxygen atoms in total. The van der Waals surface area contributed by atoms with E-state index in [0.717, 1.165) is 4.47 Å². The van der Waals surface area contributed by atoms with E-state index in [1.54, 1.807) is 17.0 Å². The summed E-state index contributed by atoms with van der Waals surface area (Å²) in [7, 11) is 0. The number of hydrogen-bond donors (Lipinski definition) is 0. The van der Waals surface area contributed by atoms with E-state index in [1.165, 1.54) is 0 Å². The van der Waals surface area contributed by atoms with Gasteiger partial charge in [0.2, 0.25) is 0 Å². The first-order valence-corrected chi connectivity index (χ1v) is 6.06. The van der Waals surface area contributed by atoms with E-state index in [1.807, 2.05) is 18.2 Å². The number of rotatable bonds is 1. The molecule has 1 aromatic carbocycles. The average Bonchev–Trinajstić information content (AvgIpc) is 2.39. The predicted molar refractivity (Wildman–Crippen MR) is 65.4 cm³/mol. The maximum absolute atomic E-state index is 12.1. The van der Waals surface area contributed by atoms with Crippen LogP contribution < -0.4 is 0 Å². The zero-order valence-electron chi connectivity index (χ0n) is 9.10. The van der Waals surface area contributed by atoms with Crippen LogP contribution in [0, 0.1) is 11.3 Å². The summed E-state index contributed by atoms with van der Waals surface area (Å²) in [6.07, 6.45) is -0.511. The smallest absolute Gasteiger partial charge is 0.254 e. The number of amides is 1. The lowest BCUT2D eigenvalue weighted by Crippen LogP contribution is -2.45. The van der Waals surface area contributed by atoms with Crippen molar-refractivity contribution in [1.29, 1.82) is 5.26 Å². The van der Waals surface area contributed by atoms with E-state index in [-0.39, 0.29) is 5.91 Å². The van der Waals surface area contributed by atoms with Crippen LogP contribution in [0.3, 0.4) is 0 Å². The summed E-state index contributed by atoms with van der Waals surface area (Å²) in [6.45, 7) is 1.29. The van der Waals surface area contributed by atoms with E-state index in [4.69, 9.17) is 10.00 Å². The minimum atomic E-state index is -0.511. The quantitative estimate of drug-likeness (QED) is 0.794. The van der Waals surface area contributed by atoms with Crippen molar-refractivity contribution in [2.75, 3.05) is 19.7 Å². The van der Waals surface area contributed by atoms with E-state index < -0.39 is 6.10 Å². The molecule has 1 atom stereocenters. The average molecular weight is 295 g/mol. The second kappa shape index (κ2) is 5.30. The number of halogens is 1. The van der Waals surface area contributed by atoms with E-state index >= 15 is 0 Å². The van der Waals surface area contributed by atoms with Gasteiger partial charge in [0.15, 0.2) is 6.10 Å². The fourth-order valence-corrected chi connectivity index (χ4v) is 1.95. The SMILES string of the molecule is N#CC1CN(C(=O)c2ccc(Br)cc2)CCO1. The monoisotopic (exact) mass is 294 g/mol. The Bertz CT molecular complexity index is 453. The van der Waals surface area contributed by atoms with Crippen molar-refractivity contribution in [3.63, 3.8) is 0 Å². The Morgan fingerprint density at radius 2 is 2.18 bits per heavy atom. The summed E-state index contributed by atoms with van der Waals surface area (Å²) in [5.41, 5.74) is 0.631. The predicted octanol–water partition coefficient (Wildman–Crippen LogP) is 1.81. The van der Waals surface area contributed by atoms with Crippen LogP contribution >= 0.6 is 15.9 Å². The third-order valence-corrected chi connectivity index (χ3v) is 3.12. The minimum Gasteiger partial charge on any atom is -0.360 e. The van der Waals surface area contributed by atoms with Gasteiger partial charge in [0, 0.05) is 16.6 Å². The fraction of sp³-hybridized carbons (Fsp3) is 0.333. The van der Waals surface area contributed by atoms with Gasteiger partial charge >= 0.3 is 0 Å². The number of benzene rings is 1. The number of carbonyl (C=O) groups excluding carboxylic acids is 1. The van der Waals surface area contributed by atoms with Crippen molar-refractivity contribution >= 4 is 21.8 Å². The van der Waals surface area contributed by atoms with Crippen molar-refractivity contribution in [3.8, 4) is 6.07 Å². The number of ether oxygens (including phenoxy) is 1. The standard InChI is InChI=1S/C12H11BrN2O2/c13-10-3-1-9(2-4-10)12(16)15-5-6-17-11(7-14)8-15/h1-4,11H,5-6,8H2. The van der Waals surface area contributed by atoms with Crippen LogP contribution in [0.5, 0.6) is 0 Å². The summed E-state index contributed by atoms with van der Waals surface area (Å²) in [6, 6.07) is 9.22. The minimum absolute atomic E-state index is 0.0546. The highest BCUT2D eigenvalue weighted by atomic mass is 79.9. The summed E-state index contributed by atoms with van der Waals surface area (Å²) in [5.74, 6) is -0.0546. The van der Waals surface area contributed by atoms with Gasteiger partial charge < -0.3 is 9.64 Å². The van der Waals surface area contributed by atoms with E-state index in [0.29, 0.717) is 25.3 Å². The summed E-state index contributed by atoms with van der Waals surface area (Å²) in [4.78, 5) is 13.8. The molecule has 1 aliphatic rings. The molecular formula is C12H11BrN2O2. The molecule has 0 N–H and O–H groups in total. The highest BCUT2D eigenvalue weighted by Crippen LogP contribution is 2.14. The largest absolute Gasteiger partial charge is 0.360 e. The van der Waals surface area contributed by atoms with Crippen molar-refractivity contribution < 1.29 is 9.53 Å². The molecule has 0 bridgehead atoms. The van der Waals surface area contributed by atoms with Gasteiger partial charge in [-0.3, -0.25) is 4.79 Å². The summed E-state index contributed by atoms with van der Waals surface area (Å²) >= 11 is 3.32. The number of hydrogen-bond acceptors (Lipinski definition) is 3. The first-order valence-electron chi connectivity index (χ1n) is 5.27. The molecule has 1 amide bonds. The molecule has 0 spiro atoms. The topological polar surface area (TPSA) is 53.3 Å². The van der Waals surface area contributed by atoms with Crippen LogP contribution in [0.4, 0.5) is 0 Å². The van der Waals surface area contributed by atoms with Gasteiger partial charge in [0.25, 0.3) is 5.91 Å². The molecule has 1 saturated heterocycles. The van der Waals surface area contributed by atoms with Crippen molar-refractivity contribution in [3.05, 3.63) is 34.3 Å². The third kappa shape index (κ3) is 2.84. The van der Waals surface area contributed by atoms with Gasteiger partial charge in [-0.1, -0.05) is 15.9 Å². The highest BCUT2D eigenvalue weighted by molar-refractivity contribution is 9.10. The molecule has 1 fully saturated rings. The zero-order chi connectivity index (χ0) is 12.3. The Hall–Kier alpha value is -1.38. The number of morpholine rings is 1. The molecule has 2 rings (SSSR count). The van der Waals surface area contributed by atoms with Gasteiger partial charge in [-0.15, -0.1) is 0 Å². The maximum atomic E-state index is 12.1. The Morgan fingerprint density at radius 1 is 1.47 bits per heavy atom. The molecule has 1 heterocycles. The second-order valence-corrected chi connectivity index (χ2v) is 4.66. The Labute approximate surface area is 108 Å². The summed E-state index contributed by atoms with van der Waals surface area (Å²) in [5, 5.41) is 8.78. The van der Waals surface area contributed by atoms with Crippen LogP contribution in [0.15, 0.2) is 28.7 Å². The van der Waals surface area contributed by atoms with Crippen LogP contribution in [0.2, 0.25) is 0 Å². The molecule has 0 saturated carbocycles. The number of nitriles is 1. The molecule has 1 aliphatic heterocycles. The lowest BCUT2D eigenvalue weighted by atomic mass is 10.2. The Kier molecular flexibility index (Phi) is 3.77. The molecule has 17 heavy (non-hydrogen) atoms. The molecule has 1 aromatic rings. The van der Waals surface area contributed by atoms with Crippen molar-refractivity contribution in [2.24, 2.45) is 0 Å². The fourth-order valence-electron chi connectivity index (χ4n) is 1.69. The van der Waals surface area contributed by atoms with E-state index in [9.17, 15) is 4.79 Å². The van der Waals surface area contributed by atoms with Gasteiger partial charge in [0.05, 0.1) is 19.2 Å². The molecule has 5 heteroatoms. The van der Waals surface area contributed by atoms with Gasteiger partial charge in [0.1, 0.15) is 0 Å². The highest BCUT2D eigenvalue weighted by Gasteiger charge is 2.24. The molecule has 0 aliphatic carbocycles. The number of nitrogens with zero attached hydrogens (tertiary/aromatic N) is 2. The lowest BCUT2D eigenvalue weighted by molar-refractivity contribution is 0.00347. The molecular weight excluding hydrogens is 284 g/mol. The van der Waals surface area contributed by atoms with Crippen LogP contribution in [-0.4, -0.2) is 36.6 Å². The van der Waals surface area contributed by atoms with E-state index in [2.05, 4.69) is 15.9 Å². The number of carbonyl (C=O) groups is 1. The molecule has 1 unspecified atom stereocenters. The Balaban J connectivity index is 2.09. The van der Waals surface area contributed by atoms with Crippen LogP contribution in [-0.2, 0) is 4.74 Å². The molecule has 0 aromatic heterocycles. The molecule has 0 radical (unpaired) electrons. The van der Waals surface area contributed by atoms with Gasteiger partial charge in [-0.2, -0.15) is 5.26 Å². The normalized spacial score (nSPS) is 19.8. The first kappa shape index (κ1) is 12.1. The molecule has 88 valence electrons. The van der Waals surface area contributed by atoms with Crippen molar-refractivity contribution in [2.45, 2.75) is 6.10 Å². The first-order chi connectivity index (χ1) is 8.20. The van der Waals surface area contributed by atoms with Crippen LogP contribution in [0.25, 0.3) is 0 Å². The van der Waals surface area contributed by atoms with Crippen molar-refractivity contribution in [1.82, 2.24) is 4.90 Å². The second-order valence-electron chi connectivity index (χ2n) is 3.75. The zero-order valence-corrected chi connectivity index (χ0v) is 10.7. The maximum Gasteiger partial charge on any atom is 0.254 e. The van der Waals surface area contributed by atoms with Crippen LogP contribution in [0.1, 0.15) is 10.4 Å². The lowest BCUT2D eigenvalue weighted by Gasteiger charge is -2.29.